The molecule has 1 unspecified atom stereocenters. The number of aromatic nitrogens is 7. The predicted octanol–water partition coefficient (Wildman–Crippen LogP) is 1.66. The van der Waals surface area contributed by atoms with Gasteiger partial charge in [0.15, 0.2) is 17.3 Å². The molecular weight excluding hydrogens is 370 g/mol. The number of nitrogens with zero attached hydrogens (tertiary/aromatic N) is 7. The summed E-state index contributed by atoms with van der Waals surface area (Å²) in [5.41, 5.74) is 9.86. The van der Waals surface area contributed by atoms with Crippen molar-refractivity contribution >= 4 is 22.7 Å². The smallest absolute Gasteiger partial charge is 0.177 e. The fourth-order valence-electron chi connectivity index (χ4n) is 3.86. The highest BCUT2D eigenvalue weighted by atomic mass is 16.5. The first-order valence-corrected chi connectivity index (χ1v) is 9.57. The van der Waals surface area contributed by atoms with Crippen molar-refractivity contribution in [3.63, 3.8) is 0 Å². The minimum absolute atomic E-state index is 0.217. The Bertz CT molecular complexity index is 1190. The van der Waals surface area contributed by atoms with Crippen molar-refractivity contribution in [1.29, 1.82) is 0 Å². The summed E-state index contributed by atoms with van der Waals surface area (Å²) in [6.45, 7) is 6.19. The molecule has 1 aliphatic heterocycles. The summed E-state index contributed by atoms with van der Waals surface area (Å²) >= 11 is 0. The molecular formula is C19H23N9O. The SMILES string of the molecule is Cc1cc(-n2nc(N)c3c(-c4ccnn4C)cc(N4CCOCC4C)nc32)n[nH]1. The number of fused-ring (bicyclic) bond motifs is 1. The number of morpholine rings is 1. The molecule has 10 nitrogen and oxygen atoms in total. The lowest BCUT2D eigenvalue weighted by atomic mass is 10.1. The number of nitrogens with one attached hydrogen (secondary N) is 1. The van der Waals surface area contributed by atoms with Gasteiger partial charge in [-0.1, -0.05) is 0 Å². The first kappa shape index (κ1) is 17.7. The van der Waals surface area contributed by atoms with Gasteiger partial charge in [-0.05, 0) is 26.0 Å². The molecule has 4 aromatic heterocycles. The molecule has 0 saturated carbocycles. The van der Waals surface area contributed by atoms with Gasteiger partial charge in [0.2, 0.25) is 0 Å². The number of hydrogen-bond donors (Lipinski definition) is 2. The fraction of sp³-hybridized carbons (Fsp3) is 0.368. The Labute approximate surface area is 167 Å². The minimum Gasteiger partial charge on any atom is -0.382 e. The number of pyridine rings is 1. The topological polar surface area (TPSA) is 116 Å². The summed E-state index contributed by atoms with van der Waals surface area (Å²) in [5.74, 6) is 1.92. The van der Waals surface area contributed by atoms with Crippen molar-refractivity contribution in [2.24, 2.45) is 7.05 Å². The number of aromatic amines is 1. The van der Waals surface area contributed by atoms with Crippen LogP contribution in [0.2, 0.25) is 0 Å². The average molecular weight is 393 g/mol. The zero-order valence-electron chi connectivity index (χ0n) is 16.6. The average Bonchev–Trinajstić information content (AvgIpc) is 3.41. The molecule has 4 aromatic rings. The summed E-state index contributed by atoms with van der Waals surface area (Å²) in [7, 11) is 1.91. The van der Waals surface area contributed by atoms with E-state index in [-0.39, 0.29) is 6.04 Å². The second kappa shape index (κ2) is 6.59. The Kier molecular flexibility index (Phi) is 4.02. The third-order valence-corrected chi connectivity index (χ3v) is 5.32. The number of ether oxygens (including phenoxy) is 1. The van der Waals surface area contributed by atoms with Crippen LogP contribution in [0.5, 0.6) is 0 Å². The van der Waals surface area contributed by atoms with E-state index in [2.05, 4.69) is 38.3 Å². The standard InChI is InChI=1S/C19H23N9O/c1-11-8-16(24-23-11)28-19-17(18(20)25-28)13(14-4-5-21-26(14)3)9-15(22-19)27-6-7-29-10-12(27)2/h4-5,8-9,12H,6-7,10H2,1-3H3,(H2,20,25)(H,23,24). The van der Waals surface area contributed by atoms with Gasteiger partial charge in [0, 0.05) is 37.1 Å². The van der Waals surface area contributed by atoms with Gasteiger partial charge in [0.25, 0.3) is 0 Å². The molecule has 29 heavy (non-hydrogen) atoms. The van der Waals surface area contributed by atoms with Crippen molar-refractivity contribution in [2.75, 3.05) is 30.4 Å². The van der Waals surface area contributed by atoms with Gasteiger partial charge in [0.1, 0.15) is 5.82 Å². The number of aryl methyl sites for hydroxylation is 2. The van der Waals surface area contributed by atoms with Crippen LogP contribution in [0.3, 0.4) is 0 Å². The maximum absolute atomic E-state index is 6.36. The molecule has 0 aliphatic carbocycles. The normalized spacial score (nSPS) is 17.3. The lowest BCUT2D eigenvalue weighted by Gasteiger charge is -2.34. The summed E-state index contributed by atoms with van der Waals surface area (Å²) in [6, 6.07) is 6.17. The minimum atomic E-state index is 0.217. The van der Waals surface area contributed by atoms with Gasteiger partial charge in [-0.3, -0.25) is 9.78 Å². The Hall–Kier alpha value is -3.40. The number of anilines is 2. The molecule has 0 bridgehead atoms. The Morgan fingerprint density at radius 3 is 2.83 bits per heavy atom. The van der Waals surface area contributed by atoms with Crippen molar-refractivity contribution in [3.8, 4) is 17.1 Å². The molecule has 1 saturated heterocycles. The van der Waals surface area contributed by atoms with E-state index in [1.54, 1.807) is 10.9 Å². The van der Waals surface area contributed by atoms with E-state index < -0.39 is 0 Å². The van der Waals surface area contributed by atoms with E-state index in [4.69, 9.17) is 15.5 Å². The first-order chi connectivity index (χ1) is 14.0. The highest BCUT2D eigenvalue weighted by Crippen LogP contribution is 2.36. The van der Waals surface area contributed by atoms with E-state index in [1.165, 1.54) is 0 Å². The molecule has 150 valence electrons. The predicted molar refractivity (Wildman–Crippen MR) is 110 cm³/mol. The quantitative estimate of drug-likeness (QED) is 0.544. The molecule has 1 fully saturated rings. The summed E-state index contributed by atoms with van der Waals surface area (Å²) in [5, 5.41) is 17.0. The molecule has 1 atom stereocenters. The third kappa shape index (κ3) is 2.83. The van der Waals surface area contributed by atoms with Crippen molar-refractivity contribution in [3.05, 3.63) is 30.1 Å². The highest BCUT2D eigenvalue weighted by Gasteiger charge is 2.25. The lowest BCUT2D eigenvalue weighted by molar-refractivity contribution is 0.0985. The molecule has 5 rings (SSSR count). The Morgan fingerprint density at radius 1 is 1.28 bits per heavy atom. The number of rotatable bonds is 3. The molecule has 3 N–H and O–H groups in total. The number of H-pyrrole nitrogens is 1. The van der Waals surface area contributed by atoms with Crippen LogP contribution in [-0.4, -0.2) is 60.5 Å². The van der Waals surface area contributed by atoms with Crippen molar-refractivity contribution in [1.82, 2.24) is 34.7 Å². The maximum Gasteiger partial charge on any atom is 0.177 e. The molecule has 10 heteroatoms. The monoisotopic (exact) mass is 393 g/mol. The van der Waals surface area contributed by atoms with E-state index in [1.807, 2.05) is 30.8 Å². The molecule has 5 heterocycles. The molecule has 0 radical (unpaired) electrons. The number of nitrogen functional groups attached to an aromatic ring is 1. The zero-order valence-corrected chi connectivity index (χ0v) is 16.6. The van der Waals surface area contributed by atoms with Crippen LogP contribution >= 0.6 is 0 Å². The van der Waals surface area contributed by atoms with Crippen molar-refractivity contribution < 1.29 is 4.74 Å². The van der Waals surface area contributed by atoms with Crippen molar-refractivity contribution in [2.45, 2.75) is 19.9 Å². The zero-order chi connectivity index (χ0) is 20.1. The first-order valence-electron chi connectivity index (χ1n) is 9.57. The fourth-order valence-corrected chi connectivity index (χ4v) is 3.86. The summed E-state index contributed by atoms with van der Waals surface area (Å²) < 4.78 is 9.13. The van der Waals surface area contributed by atoms with Gasteiger partial charge in [-0.15, -0.1) is 5.10 Å². The van der Waals surface area contributed by atoms with E-state index >= 15 is 0 Å². The molecule has 1 aliphatic rings. The van der Waals surface area contributed by atoms with Crippen LogP contribution in [0.15, 0.2) is 24.4 Å². The van der Waals surface area contributed by atoms with Crippen LogP contribution in [0.25, 0.3) is 28.1 Å². The Morgan fingerprint density at radius 2 is 2.14 bits per heavy atom. The molecule has 0 aromatic carbocycles. The molecule has 0 amide bonds. The summed E-state index contributed by atoms with van der Waals surface area (Å²) in [6.07, 6.45) is 1.77. The van der Waals surface area contributed by atoms with Crippen LogP contribution in [0.4, 0.5) is 11.6 Å². The highest BCUT2D eigenvalue weighted by molar-refractivity contribution is 6.01. The lowest BCUT2D eigenvalue weighted by Crippen LogP contribution is -2.44. The van der Waals surface area contributed by atoms with Crippen LogP contribution < -0.4 is 10.6 Å². The van der Waals surface area contributed by atoms with Gasteiger partial charge < -0.3 is 15.4 Å². The Balaban J connectivity index is 1.80. The third-order valence-electron chi connectivity index (χ3n) is 5.32. The van der Waals surface area contributed by atoms with E-state index in [9.17, 15) is 0 Å². The molecule has 0 spiro atoms. The number of nitrogens with two attached hydrogens (primary N) is 1. The second-order valence-corrected chi connectivity index (χ2v) is 7.39. The van der Waals surface area contributed by atoms with Crippen LogP contribution in [0, 0.1) is 6.92 Å². The van der Waals surface area contributed by atoms with Gasteiger partial charge in [-0.25, -0.2) is 4.98 Å². The van der Waals surface area contributed by atoms with Crippen LogP contribution in [-0.2, 0) is 11.8 Å². The van der Waals surface area contributed by atoms with Gasteiger partial charge in [-0.2, -0.15) is 14.9 Å². The van der Waals surface area contributed by atoms with E-state index in [0.29, 0.717) is 30.5 Å². The summed E-state index contributed by atoms with van der Waals surface area (Å²) in [4.78, 5) is 7.22. The number of hydrogen-bond acceptors (Lipinski definition) is 7. The van der Waals surface area contributed by atoms with Gasteiger partial charge >= 0.3 is 0 Å². The second-order valence-electron chi connectivity index (χ2n) is 7.39. The maximum atomic E-state index is 6.36. The van der Waals surface area contributed by atoms with E-state index in [0.717, 1.165) is 34.7 Å². The largest absolute Gasteiger partial charge is 0.382 e. The van der Waals surface area contributed by atoms with Crippen LogP contribution in [0.1, 0.15) is 12.6 Å². The van der Waals surface area contributed by atoms with Gasteiger partial charge in [0.05, 0.1) is 30.3 Å².